The van der Waals surface area contributed by atoms with Crippen LogP contribution in [0.2, 0.25) is 0 Å². The molecule has 1 aromatic heterocycles. The second-order valence-corrected chi connectivity index (χ2v) is 4.24. The number of rotatable bonds is 6. The van der Waals surface area contributed by atoms with Crippen LogP contribution >= 0.6 is 11.5 Å². The lowest BCUT2D eigenvalue weighted by molar-refractivity contribution is 0.0975. The monoisotopic (exact) mass is 230 g/mol. The maximum atomic E-state index is 5.75. The minimum absolute atomic E-state index is 0.362. The molecule has 0 bridgehead atoms. The van der Waals surface area contributed by atoms with E-state index in [0.29, 0.717) is 17.6 Å². The number of methoxy groups -OCH3 is 1. The Hall–Kier alpha value is -0.720. The molecule has 15 heavy (non-hydrogen) atoms. The molecule has 2 N–H and O–H groups in total. The fourth-order valence-corrected chi connectivity index (χ4v) is 1.88. The first-order valence-corrected chi connectivity index (χ1v) is 5.76. The molecule has 6 heteroatoms. The Bertz CT molecular complexity index is 291. The Morgan fingerprint density at radius 3 is 2.80 bits per heavy atom. The SMILES string of the molecule is CCN(Cc1nnsc1N)C(C)COC. The molecule has 0 aromatic carbocycles. The summed E-state index contributed by atoms with van der Waals surface area (Å²) < 4.78 is 8.95. The van der Waals surface area contributed by atoms with Gasteiger partial charge < -0.3 is 10.5 Å². The van der Waals surface area contributed by atoms with Gasteiger partial charge in [0.15, 0.2) is 0 Å². The van der Waals surface area contributed by atoms with Gasteiger partial charge in [-0.1, -0.05) is 11.4 Å². The maximum Gasteiger partial charge on any atom is 0.132 e. The average Bonchev–Trinajstić information content (AvgIpc) is 2.61. The van der Waals surface area contributed by atoms with Gasteiger partial charge >= 0.3 is 0 Å². The second-order valence-electron chi connectivity index (χ2n) is 3.45. The number of hydrogen-bond acceptors (Lipinski definition) is 6. The summed E-state index contributed by atoms with van der Waals surface area (Å²) in [6.45, 7) is 6.64. The van der Waals surface area contributed by atoms with Gasteiger partial charge in [-0.05, 0) is 13.5 Å². The summed E-state index contributed by atoms with van der Waals surface area (Å²) in [6, 6.07) is 0.362. The summed E-state index contributed by atoms with van der Waals surface area (Å²) in [5.74, 6) is 0. The van der Waals surface area contributed by atoms with Gasteiger partial charge in [0, 0.05) is 31.2 Å². The predicted octanol–water partition coefficient (Wildman–Crippen LogP) is 0.977. The zero-order valence-electron chi connectivity index (χ0n) is 9.43. The van der Waals surface area contributed by atoms with Gasteiger partial charge in [-0.2, -0.15) is 0 Å². The summed E-state index contributed by atoms with van der Waals surface area (Å²) in [4.78, 5) is 2.26. The summed E-state index contributed by atoms with van der Waals surface area (Å²) in [6.07, 6.45) is 0. The number of anilines is 1. The maximum absolute atomic E-state index is 5.75. The van der Waals surface area contributed by atoms with Gasteiger partial charge in [-0.25, -0.2) is 0 Å². The van der Waals surface area contributed by atoms with E-state index in [1.807, 2.05) is 0 Å². The normalized spacial score (nSPS) is 13.3. The van der Waals surface area contributed by atoms with Gasteiger partial charge in [0.1, 0.15) is 10.7 Å². The Labute approximate surface area is 94.4 Å². The Balaban J connectivity index is 2.57. The van der Waals surface area contributed by atoms with E-state index < -0.39 is 0 Å². The van der Waals surface area contributed by atoms with Gasteiger partial charge in [-0.3, -0.25) is 4.90 Å². The predicted molar refractivity (Wildman–Crippen MR) is 61.7 cm³/mol. The number of nitrogen functional groups attached to an aromatic ring is 1. The van der Waals surface area contributed by atoms with Crippen LogP contribution in [-0.2, 0) is 11.3 Å². The van der Waals surface area contributed by atoms with Gasteiger partial charge in [-0.15, -0.1) is 5.10 Å². The molecule has 0 saturated heterocycles. The molecule has 0 saturated carbocycles. The lowest BCUT2D eigenvalue weighted by Crippen LogP contribution is -2.35. The molecule has 1 unspecified atom stereocenters. The Morgan fingerprint density at radius 2 is 2.33 bits per heavy atom. The van der Waals surface area contributed by atoms with Crippen LogP contribution in [0.4, 0.5) is 5.00 Å². The molecule has 1 atom stereocenters. The number of aromatic nitrogens is 2. The molecule has 0 aliphatic rings. The standard InChI is InChI=1S/C9H18N4OS/c1-4-13(7(2)6-14-3)5-8-9(10)15-12-11-8/h7H,4-6,10H2,1-3H3. The first kappa shape index (κ1) is 12.4. The summed E-state index contributed by atoms with van der Waals surface area (Å²) >= 11 is 1.24. The highest BCUT2D eigenvalue weighted by Gasteiger charge is 2.15. The third kappa shape index (κ3) is 3.40. The number of likely N-dealkylation sites (N-methyl/N-ethyl adjacent to an activating group) is 1. The number of nitrogens with zero attached hydrogens (tertiary/aromatic N) is 3. The van der Waals surface area contributed by atoms with E-state index in [0.717, 1.165) is 18.8 Å². The van der Waals surface area contributed by atoms with Crippen LogP contribution in [-0.4, -0.2) is 40.8 Å². The average molecular weight is 230 g/mol. The largest absolute Gasteiger partial charge is 0.388 e. The van der Waals surface area contributed by atoms with E-state index in [4.69, 9.17) is 10.5 Å². The van der Waals surface area contributed by atoms with Crippen LogP contribution in [0.15, 0.2) is 0 Å². The van der Waals surface area contributed by atoms with Crippen molar-refractivity contribution in [2.45, 2.75) is 26.4 Å². The van der Waals surface area contributed by atoms with Crippen LogP contribution in [0.1, 0.15) is 19.5 Å². The van der Waals surface area contributed by atoms with Crippen LogP contribution in [0.3, 0.4) is 0 Å². The van der Waals surface area contributed by atoms with Crippen molar-refractivity contribution in [3.05, 3.63) is 5.69 Å². The highest BCUT2D eigenvalue weighted by Crippen LogP contribution is 2.15. The van der Waals surface area contributed by atoms with Crippen LogP contribution in [0, 0.1) is 0 Å². The highest BCUT2D eigenvalue weighted by atomic mass is 32.1. The Kier molecular flexibility index (Phi) is 4.93. The zero-order valence-corrected chi connectivity index (χ0v) is 10.3. The van der Waals surface area contributed by atoms with E-state index in [1.54, 1.807) is 7.11 Å². The molecule has 1 heterocycles. The molecule has 1 rings (SSSR count). The molecule has 0 aliphatic carbocycles. The molecule has 5 nitrogen and oxygen atoms in total. The first-order valence-electron chi connectivity index (χ1n) is 4.98. The molecule has 0 radical (unpaired) electrons. The van der Waals surface area contributed by atoms with Crippen molar-refractivity contribution in [2.75, 3.05) is 26.0 Å². The summed E-state index contributed by atoms with van der Waals surface area (Å²) in [5.41, 5.74) is 6.62. The molecule has 0 aliphatic heterocycles. The fourth-order valence-electron chi connectivity index (χ4n) is 1.44. The van der Waals surface area contributed by atoms with E-state index >= 15 is 0 Å². The molecular formula is C9H18N4OS. The molecular weight excluding hydrogens is 212 g/mol. The third-order valence-electron chi connectivity index (χ3n) is 2.38. The minimum Gasteiger partial charge on any atom is -0.388 e. The highest BCUT2D eigenvalue weighted by molar-refractivity contribution is 7.09. The second kappa shape index (κ2) is 5.99. The molecule has 0 amide bonds. The smallest absolute Gasteiger partial charge is 0.132 e. The van der Waals surface area contributed by atoms with E-state index in [-0.39, 0.29) is 0 Å². The summed E-state index contributed by atoms with van der Waals surface area (Å²) in [5, 5.41) is 4.71. The summed E-state index contributed by atoms with van der Waals surface area (Å²) in [7, 11) is 1.71. The topological polar surface area (TPSA) is 64.3 Å². The quantitative estimate of drug-likeness (QED) is 0.789. The lowest BCUT2D eigenvalue weighted by Gasteiger charge is -2.26. The minimum atomic E-state index is 0.362. The van der Waals surface area contributed by atoms with Crippen molar-refractivity contribution < 1.29 is 4.74 Å². The van der Waals surface area contributed by atoms with Gasteiger partial charge in [0.05, 0.1) is 6.61 Å². The molecule has 1 aromatic rings. The van der Waals surface area contributed by atoms with Crippen molar-refractivity contribution in [3.8, 4) is 0 Å². The zero-order chi connectivity index (χ0) is 11.3. The van der Waals surface area contributed by atoms with Crippen LogP contribution < -0.4 is 5.73 Å². The molecule has 86 valence electrons. The number of ether oxygens (including phenoxy) is 1. The van der Waals surface area contributed by atoms with E-state index in [9.17, 15) is 0 Å². The van der Waals surface area contributed by atoms with Crippen molar-refractivity contribution in [1.82, 2.24) is 14.5 Å². The van der Waals surface area contributed by atoms with Crippen molar-refractivity contribution in [2.24, 2.45) is 0 Å². The number of nitrogens with two attached hydrogens (primary N) is 1. The van der Waals surface area contributed by atoms with Crippen LogP contribution in [0.25, 0.3) is 0 Å². The Morgan fingerprint density at radius 1 is 1.60 bits per heavy atom. The number of hydrogen-bond donors (Lipinski definition) is 1. The third-order valence-corrected chi connectivity index (χ3v) is 2.97. The first-order chi connectivity index (χ1) is 7.19. The van der Waals surface area contributed by atoms with Crippen molar-refractivity contribution in [1.29, 1.82) is 0 Å². The van der Waals surface area contributed by atoms with Crippen molar-refractivity contribution in [3.63, 3.8) is 0 Å². The van der Waals surface area contributed by atoms with Gasteiger partial charge in [0.25, 0.3) is 0 Å². The van der Waals surface area contributed by atoms with Gasteiger partial charge in [0.2, 0.25) is 0 Å². The van der Waals surface area contributed by atoms with Crippen LogP contribution in [0.5, 0.6) is 0 Å². The van der Waals surface area contributed by atoms with E-state index in [2.05, 4.69) is 28.3 Å². The fraction of sp³-hybridized carbons (Fsp3) is 0.778. The van der Waals surface area contributed by atoms with Crippen molar-refractivity contribution >= 4 is 16.5 Å². The molecule has 0 fully saturated rings. The molecule has 0 spiro atoms. The van der Waals surface area contributed by atoms with E-state index in [1.165, 1.54) is 11.5 Å². The lowest BCUT2D eigenvalue weighted by atomic mass is 10.2.